The summed E-state index contributed by atoms with van der Waals surface area (Å²) >= 11 is 1.25. The van der Waals surface area contributed by atoms with Crippen molar-refractivity contribution in [1.82, 2.24) is 19.8 Å². The molecule has 3 aromatic rings. The van der Waals surface area contributed by atoms with Crippen LogP contribution in [0.25, 0.3) is 4.96 Å². The van der Waals surface area contributed by atoms with Gasteiger partial charge in [-0.25, -0.2) is 4.39 Å². The molecule has 0 aliphatic carbocycles. The molecule has 0 fully saturated rings. The fraction of sp³-hybridized carbons (Fsp3) is 0.100. The number of hydrogen-bond acceptors (Lipinski definition) is 6. The first-order valence-corrected chi connectivity index (χ1v) is 5.89. The molecular formula is C10H8FN5OS. The highest BCUT2D eigenvalue weighted by atomic mass is 32.1. The van der Waals surface area contributed by atoms with Crippen molar-refractivity contribution in [3.63, 3.8) is 0 Å². The van der Waals surface area contributed by atoms with Crippen molar-refractivity contribution in [2.75, 3.05) is 5.73 Å². The van der Waals surface area contributed by atoms with Crippen molar-refractivity contribution in [1.29, 1.82) is 0 Å². The average Bonchev–Trinajstić information content (AvgIpc) is 2.88. The molecule has 3 rings (SSSR count). The summed E-state index contributed by atoms with van der Waals surface area (Å²) in [6.45, 7) is 0.190. The van der Waals surface area contributed by atoms with Gasteiger partial charge < -0.3 is 10.5 Å². The summed E-state index contributed by atoms with van der Waals surface area (Å²) in [4.78, 5) is 0.616. The van der Waals surface area contributed by atoms with Gasteiger partial charge in [-0.2, -0.15) is 4.52 Å². The second-order valence-electron chi connectivity index (χ2n) is 3.49. The van der Waals surface area contributed by atoms with E-state index in [2.05, 4.69) is 15.3 Å². The Balaban J connectivity index is 1.78. The van der Waals surface area contributed by atoms with Crippen LogP contribution in [0.3, 0.4) is 0 Å². The molecule has 18 heavy (non-hydrogen) atoms. The number of hydrogen-bond donors (Lipinski definition) is 1. The van der Waals surface area contributed by atoms with Crippen molar-refractivity contribution in [2.24, 2.45) is 0 Å². The molecule has 1 aromatic carbocycles. The average molecular weight is 265 g/mol. The monoisotopic (exact) mass is 265 g/mol. The Kier molecular flexibility index (Phi) is 2.56. The van der Waals surface area contributed by atoms with Crippen molar-refractivity contribution >= 4 is 21.4 Å². The van der Waals surface area contributed by atoms with E-state index in [4.69, 9.17) is 10.5 Å². The van der Waals surface area contributed by atoms with Crippen molar-refractivity contribution in [3.8, 4) is 5.75 Å². The molecule has 0 aliphatic heterocycles. The highest BCUT2D eigenvalue weighted by molar-refractivity contribution is 7.20. The van der Waals surface area contributed by atoms with Crippen LogP contribution < -0.4 is 10.5 Å². The Bertz CT molecular complexity index is 677. The summed E-state index contributed by atoms with van der Waals surface area (Å²) in [5.74, 6) is 0.790. The van der Waals surface area contributed by atoms with Crippen LogP contribution in [-0.2, 0) is 6.61 Å². The molecule has 0 radical (unpaired) electrons. The van der Waals surface area contributed by atoms with Gasteiger partial charge in [0, 0.05) is 0 Å². The molecule has 0 amide bonds. The maximum absolute atomic E-state index is 12.7. The minimum absolute atomic E-state index is 0.190. The second kappa shape index (κ2) is 4.22. The first kappa shape index (κ1) is 10.9. The van der Waals surface area contributed by atoms with Crippen molar-refractivity contribution in [2.45, 2.75) is 6.61 Å². The van der Waals surface area contributed by atoms with E-state index in [-0.39, 0.29) is 12.4 Å². The van der Waals surface area contributed by atoms with Gasteiger partial charge in [-0.1, -0.05) is 11.3 Å². The number of halogens is 1. The van der Waals surface area contributed by atoms with Crippen molar-refractivity contribution < 1.29 is 9.13 Å². The molecular weight excluding hydrogens is 257 g/mol. The number of anilines is 1. The van der Waals surface area contributed by atoms with E-state index in [0.717, 1.165) is 0 Å². The third-order valence-corrected chi connectivity index (χ3v) is 2.98. The van der Waals surface area contributed by atoms with E-state index in [1.165, 1.54) is 28.0 Å². The number of rotatable bonds is 3. The Morgan fingerprint density at radius 2 is 2.06 bits per heavy atom. The maximum Gasteiger partial charge on any atom is 0.236 e. The van der Waals surface area contributed by atoms with E-state index in [0.29, 0.717) is 21.7 Å². The van der Waals surface area contributed by atoms with Gasteiger partial charge in [0.25, 0.3) is 0 Å². The highest BCUT2D eigenvalue weighted by Crippen LogP contribution is 2.17. The molecule has 0 aliphatic rings. The van der Waals surface area contributed by atoms with Gasteiger partial charge in [0.15, 0.2) is 5.82 Å². The highest BCUT2D eigenvalue weighted by Gasteiger charge is 2.10. The van der Waals surface area contributed by atoms with Gasteiger partial charge in [-0.3, -0.25) is 0 Å². The Hall–Kier alpha value is -2.22. The normalized spacial score (nSPS) is 10.9. The largest absolute Gasteiger partial charge is 0.486 e. The number of ether oxygens (including phenoxy) is 1. The van der Waals surface area contributed by atoms with Crippen LogP contribution in [0.15, 0.2) is 24.3 Å². The summed E-state index contributed by atoms with van der Waals surface area (Å²) in [6, 6.07) is 5.75. The van der Waals surface area contributed by atoms with Crippen LogP contribution in [0, 0.1) is 5.82 Å². The van der Waals surface area contributed by atoms with Crippen LogP contribution in [0.2, 0.25) is 0 Å². The number of aromatic nitrogens is 4. The predicted molar refractivity (Wildman–Crippen MR) is 63.8 cm³/mol. The Labute approximate surface area is 105 Å². The van der Waals surface area contributed by atoms with Crippen LogP contribution in [0.4, 0.5) is 9.52 Å². The summed E-state index contributed by atoms with van der Waals surface area (Å²) in [5.41, 5.74) is 5.56. The van der Waals surface area contributed by atoms with E-state index in [1.54, 1.807) is 12.1 Å². The predicted octanol–water partition coefficient (Wildman–Crippen LogP) is 1.49. The number of nitrogen functional groups attached to an aromatic ring is 1. The summed E-state index contributed by atoms with van der Waals surface area (Å²) in [6.07, 6.45) is 0. The minimum atomic E-state index is -0.306. The lowest BCUT2D eigenvalue weighted by Crippen LogP contribution is -2.02. The third kappa shape index (κ3) is 1.97. The van der Waals surface area contributed by atoms with Crippen LogP contribution >= 0.6 is 11.3 Å². The number of nitrogens with zero attached hydrogens (tertiary/aromatic N) is 4. The molecule has 2 aromatic heterocycles. The molecule has 6 nitrogen and oxygen atoms in total. The van der Waals surface area contributed by atoms with Gasteiger partial charge in [0.2, 0.25) is 10.1 Å². The van der Waals surface area contributed by atoms with E-state index < -0.39 is 0 Å². The summed E-state index contributed by atoms with van der Waals surface area (Å²) in [5, 5.41) is 12.3. The van der Waals surface area contributed by atoms with Gasteiger partial charge in [0.05, 0.1) is 0 Å². The fourth-order valence-electron chi connectivity index (χ4n) is 1.44. The molecule has 92 valence electrons. The van der Waals surface area contributed by atoms with Crippen LogP contribution in [-0.4, -0.2) is 19.8 Å². The van der Waals surface area contributed by atoms with E-state index in [1.807, 2.05) is 0 Å². The SMILES string of the molecule is Nc1nn2c(COc3ccc(F)cc3)nnc2s1. The second-order valence-corrected chi connectivity index (χ2v) is 4.48. The lowest BCUT2D eigenvalue weighted by Gasteiger charge is -2.03. The molecule has 0 spiro atoms. The molecule has 0 atom stereocenters. The third-order valence-electron chi connectivity index (χ3n) is 2.25. The molecule has 0 saturated carbocycles. The zero-order valence-corrected chi connectivity index (χ0v) is 9.89. The van der Waals surface area contributed by atoms with Crippen LogP contribution in [0.5, 0.6) is 5.75 Å². The summed E-state index contributed by atoms with van der Waals surface area (Å²) in [7, 11) is 0. The molecule has 8 heteroatoms. The molecule has 0 saturated heterocycles. The zero-order chi connectivity index (χ0) is 12.5. The number of nitrogens with two attached hydrogens (primary N) is 1. The van der Waals surface area contributed by atoms with Gasteiger partial charge in [0.1, 0.15) is 18.2 Å². The lowest BCUT2D eigenvalue weighted by molar-refractivity contribution is 0.292. The molecule has 2 heterocycles. The minimum Gasteiger partial charge on any atom is -0.486 e. The topological polar surface area (TPSA) is 78.3 Å². The van der Waals surface area contributed by atoms with Gasteiger partial charge >= 0.3 is 0 Å². The maximum atomic E-state index is 12.7. The molecule has 0 unspecified atom stereocenters. The van der Waals surface area contributed by atoms with Crippen LogP contribution in [0.1, 0.15) is 5.82 Å². The lowest BCUT2D eigenvalue weighted by atomic mass is 10.3. The standard InChI is InChI=1S/C10H8FN5OS/c11-6-1-3-7(4-2-6)17-5-8-13-14-10-16(8)15-9(12)18-10/h1-4H,5H2,(H2,12,15). The fourth-order valence-corrected chi connectivity index (χ4v) is 2.06. The molecule has 0 bridgehead atoms. The molecule has 2 N–H and O–H groups in total. The van der Waals surface area contributed by atoms with Gasteiger partial charge in [-0.05, 0) is 24.3 Å². The quantitative estimate of drug-likeness (QED) is 0.776. The Morgan fingerprint density at radius 1 is 1.28 bits per heavy atom. The number of benzene rings is 1. The Morgan fingerprint density at radius 3 is 2.83 bits per heavy atom. The zero-order valence-electron chi connectivity index (χ0n) is 9.08. The van der Waals surface area contributed by atoms with Gasteiger partial charge in [-0.15, -0.1) is 15.3 Å². The first-order chi connectivity index (χ1) is 8.72. The summed E-state index contributed by atoms with van der Waals surface area (Å²) < 4.78 is 19.7. The van der Waals surface area contributed by atoms with E-state index in [9.17, 15) is 4.39 Å². The van der Waals surface area contributed by atoms with Crippen molar-refractivity contribution in [3.05, 3.63) is 35.9 Å². The number of fused-ring (bicyclic) bond motifs is 1. The van der Waals surface area contributed by atoms with E-state index >= 15 is 0 Å². The smallest absolute Gasteiger partial charge is 0.236 e. The first-order valence-electron chi connectivity index (χ1n) is 5.07.